The van der Waals surface area contributed by atoms with Crippen molar-refractivity contribution in [2.24, 2.45) is 0 Å². The SMILES string of the molecule is C=CC(=O)C(O)COP(=O)(OCCCCCCCC)OCCCCCCCC. The topological polar surface area (TPSA) is 82.1 Å². The summed E-state index contributed by atoms with van der Waals surface area (Å²) < 4.78 is 28.8. The number of rotatable bonds is 21. The zero-order valence-electron chi connectivity index (χ0n) is 17.9. The number of unbranched alkanes of at least 4 members (excludes halogenated alkanes) is 10. The molecule has 0 heterocycles. The van der Waals surface area contributed by atoms with Gasteiger partial charge in [0.2, 0.25) is 0 Å². The molecule has 0 saturated heterocycles. The number of aliphatic hydroxyl groups is 1. The lowest BCUT2D eigenvalue weighted by atomic mass is 10.1. The number of hydrogen-bond acceptors (Lipinski definition) is 6. The molecule has 0 aliphatic rings. The van der Waals surface area contributed by atoms with E-state index in [1.54, 1.807) is 0 Å². The normalized spacial score (nSPS) is 12.8. The summed E-state index contributed by atoms with van der Waals surface area (Å²) >= 11 is 0. The van der Waals surface area contributed by atoms with E-state index in [1.165, 1.54) is 38.5 Å². The lowest BCUT2D eigenvalue weighted by Crippen LogP contribution is -2.24. The van der Waals surface area contributed by atoms with E-state index in [-0.39, 0.29) is 13.2 Å². The third-order valence-corrected chi connectivity index (χ3v) is 5.88. The molecule has 0 spiro atoms. The molecule has 0 rings (SSSR count). The van der Waals surface area contributed by atoms with E-state index in [0.29, 0.717) is 0 Å². The Bertz CT molecular complexity index is 419. The third kappa shape index (κ3) is 15.4. The minimum absolute atomic E-state index is 0.269. The average molecular weight is 421 g/mol. The molecule has 0 fully saturated rings. The van der Waals surface area contributed by atoms with E-state index in [2.05, 4.69) is 20.4 Å². The van der Waals surface area contributed by atoms with Gasteiger partial charge >= 0.3 is 7.82 Å². The standard InChI is InChI=1S/C21H41O6P/c1-4-7-9-11-13-15-17-25-28(24,27-19-21(23)20(22)6-3)26-18-16-14-12-10-8-5-2/h6,21,23H,3-5,7-19H2,1-2H3. The van der Waals surface area contributed by atoms with Crippen LogP contribution >= 0.6 is 7.82 Å². The van der Waals surface area contributed by atoms with Crippen LogP contribution in [0.5, 0.6) is 0 Å². The smallest absolute Gasteiger partial charge is 0.382 e. The Morgan fingerprint density at radius 3 is 1.71 bits per heavy atom. The molecule has 1 N–H and O–H groups in total. The summed E-state index contributed by atoms with van der Waals surface area (Å²) in [5.74, 6) is -0.585. The number of phosphoric acid groups is 1. The first kappa shape index (κ1) is 27.5. The van der Waals surface area contributed by atoms with E-state index < -0.39 is 26.3 Å². The number of ketones is 1. The second kappa shape index (κ2) is 18.5. The predicted molar refractivity (Wildman–Crippen MR) is 113 cm³/mol. The van der Waals surface area contributed by atoms with Crippen molar-refractivity contribution in [2.45, 2.75) is 97.0 Å². The van der Waals surface area contributed by atoms with Gasteiger partial charge in [0.1, 0.15) is 6.10 Å². The van der Waals surface area contributed by atoms with Gasteiger partial charge < -0.3 is 5.11 Å². The van der Waals surface area contributed by atoms with Gasteiger partial charge in [-0.2, -0.15) is 0 Å². The molecule has 0 amide bonds. The Morgan fingerprint density at radius 2 is 1.29 bits per heavy atom. The number of carbonyl (C=O) groups is 1. The van der Waals surface area contributed by atoms with Crippen molar-refractivity contribution in [3.63, 3.8) is 0 Å². The second-order valence-electron chi connectivity index (χ2n) is 7.07. The Morgan fingerprint density at radius 1 is 0.857 bits per heavy atom. The first-order valence-corrected chi connectivity index (χ1v) is 12.3. The summed E-state index contributed by atoms with van der Waals surface area (Å²) in [6.07, 6.45) is 12.6. The molecular formula is C21H41O6P. The van der Waals surface area contributed by atoms with Gasteiger partial charge in [-0.1, -0.05) is 84.6 Å². The highest BCUT2D eigenvalue weighted by atomic mass is 31.2. The van der Waals surface area contributed by atoms with Gasteiger partial charge in [-0.25, -0.2) is 4.57 Å². The summed E-state index contributed by atoms with van der Waals surface area (Å²) in [5, 5.41) is 9.69. The lowest BCUT2D eigenvalue weighted by Gasteiger charge is -2.19. The molecule has 0 radical (unpaired) electrons. The summed E-state index contributed by atoms with van der Waals surface area (Å²) in [6, 6.07) is 0. The molecule has 0 bridgehead atoms. The van der Waals surface area contributed by atoms with E-state index in [0.717, 1.165) is 44.6 Å². The van der Waals surface area contributed by atoms with Gasteiger partial charge in [-0.15, -0.1) is 0 Å². The van der Waals surface area contributed by atoms with Crippen LogP contribution in [0.15, 0.2) is 12.7 Å². The summed E-state index contributed by atoms with van der Waals surface area (Å²) in [4.78, 5) is 11.4. The quantitative estimate of drug-likeness (QED) is 0.140. The van der Waals surface area contributed by atoms with Crippen LogP contribution in [0.3, 0.4) is 0 Å². The summed E-state index contributed by atoms with van der Waals surface area (Å²) in [6.45, 7) is 7.76. The molecule has 0 aromatic rings. The maximum atomic E-state index is 12.8. The van der Waals surface area contributed by atoms with Gasteiger partial charge in [0.15, 0.2) is 5.78 Å². The van der Waals surface area contributed by atoms with Crippen molar-refractivity contribution in [1.82, 2.24) is 0 Å². The third-order valence-electron chi connectivity index (χ3n) is 4.41. The van der Waals surface area contributed by atoms with E-state index >= 15 is 0 Å². The van der Waals surface area contributed by atoms with E-state index in [9.17, 15) is 14.5 Å². The maximum absolute atomic E-state index is 12.8. The van der Waals surface area contributed by atoms with Crippen LogP contribution < -0.4 is 0 Å². The molecule has 7 heteroatoms. The largest absolute Gasteiger partial charge is 0.474 e. The fraction of sp³-hybridized carbons (Fsp3) is 0.857. The van der Waals surface area contributed by atoms with E-state index in [1.807, 2.05) is 0 Å². The van der Waals surface area contributed by atoms with Crippen LogP contribution in [0, 0.1) is 0 Å². The Labute approximate surface area is 171 Å². The minimum atomic E-state index is -3.79. The molecule has 0 aliphatic heterocycles. The van der Waals surface area contributed by atoms with Gasteiger partial charge in [-0.05, 0) is 18.9 Å². The van der Waals surface area contributed by atoms with Gasteiger partial charge in [0.05, 0.1) is 19.8 Å². The maximum Gasteiger partial charge on any atom is 0.474 e. The highest BCUT2D eigenvalue weighted by Crippen LogP contribution is 2.49. The zero-order valence-corrected chi connectivity index (χ0v) is 18.8. The number of aliphatic hydroxyl groups excluding tert-OH is 1. The molecule has 0 aliphatic carbocycles. The van der Waals surface area contributed by atoms with Crippen LogP contribution in [-0.2, 0) is 22.9 Å². The van der Waals surface area contributed by atoms with Crippen molar-refractivity contribution in [1.29, 1.82) is 0 Å². The minimum Gasteiger partial charge on any atom is -0.382 e. The van der Waals surface area contributed by atoms with Crippen molar-refractivity contribution >= 4 is 13.6 Å². The van der Waals surface area contributed by atoms with Crippen LogP contribution in [0.1, 0.15) is 90.9 Å². The highest BCUT2D eigenvalue weighted by Gasteiger charge is 2.28. The first-order valence-electron chi connectivity index (χ1n) is 10.9. The van der Waals surface area contributed by atoms with Crippen molar-refractivity contribution in [3.05, 3.63) is 12.7 Å². The fourth-order valence-electron chi connectivity index (χ4n) is 2.61. The second-order valence-corrected chi connectivity index (χ2v) is 8.74. The molecule has 0 saturated carbocycles. The Balaban J connectivity index is 4.29. The van der Waals surface area contributed by atoms with Crippen LogP contribution in [0.25, 0.3) is 0 Å². The summed E-state index contributed by atoms with van der Waals surface area (Å²) in [7, 11) is -3.79. The van der Waals surface area contributed by atoms with Crippen LogP contribution in [0.2, 0.25) is 0 Å². The number of carbonyl (C=O) groups excluding carboxylic acids is 1. The van der Waals surface area contributed by atoms with Crippen molar-refractivity contribution < 1.29 is 28.0 Å². The van der Waals surface area contributed by atoms with Gasteiger partial charge in [0, 0.05) is 0 Å². The molecule has 0 aromatic carbocycles. The van der Waals surface area contributed by atoms with E-state index in [4.69, 9.17) is 13.6 Å². The lowest BCUT2D eigenvalue weighted by molar-refractivity contribution is -0.123. The highest BCUT2D eigenvalue weighted by molar-refractivity contribution is 7.48. The predicted octanol–water partition coefficient (Wildman–Crippen LogP) is 5.98. The van der Waals surface area contributed by atoms with Crippen LogP contribution in [0.4, 0.5) is 0 Å². The molecule has 0 aromatic heterocycles. The Hall–Kier alpha value is -0.520. The molecule has 1 atom stereocenters. The van der Waals surface area contributed by atoms with Gasteiger partial charge in [0.25, 0.3) is 0 Å². The molecule has 1 unspecified atom stereocenters. The number of hydrogen-bond donors (Lipinski definition) is 1. The zero-order chi connectivity index (χ0) is 21.1. The monoisotopic (exact) mass is 420 g/mol. The van der Waals surface area contributed by atoms with Crippen molar-refractivity contribution in [3.8, 4) is 0 Å². The van der Waals surface area contributed by atoms with Gasteiger partial charge in [-0.3, -0.25) is 18.4 Å². The Kier molecular flexibility index (Phi) is 18.2. The molecular weight excluding hydrogens is 379 g/mol. The summed E-state index contributed by atoms with van der Waals surface area (Å²) in [5.41, 5.74) is 0. The molecule has 6 nitrogen and oxygen atoms in total. The molecule has 166 valence electrons. The van der Waals surface area contributed by atoms with Crippen LogP contribution in [-0.4, -0.2) is 36.8 Å². The van der Waals surface area contributed by atoms with Crippen molar-refractivity contribution in [2.75, 3.05) is 19.8 Å². The average Bonchev–Trinajstić information content (AvgIpc) is 2.70. The fourth-order valence-corrected chi connectivity index (χ4v) is 3.86. The molecule has 28 heavy (non-hydrogen) atoms. The number of phosphoric ester groups is 1. The first-order chi connectivity index (χ1) is 13.5.